The highest BCUT2D eigenvalue weighted by Gasteiger charge is 2.54. The molecule has 0 saturated heterocycles. The van der Waals surface area contributed by atoms with E-state index in [0.29, 0.717) is 43.7 Å². The fourth-order valence-corrected chi connectivity index (χ4v) is 7.04. The third-order valence-corrected chi connectivity index (χ3v) is 9.62. The Morgan fingerprint density at radius 1 is 0.976 bits per heavy atom. The number of phenolic OH excluding ortho intramolecular Hbond substituents is 2. The number of ketones is 1. The van der Waals surface area contributed by atoms with Crippen LogP contribution in [-0.4, -0.2) is 63.2 Å². The molecule has 7 heteroatoms. The number of phenols is 2. The lowest BCUT2D eigenvalue weighted by atomic mass is 9.61. The number of aromatic hydroxyl groups is 2. The SMILES string of the molecule is CCN(CC1CC1)[C@@H]1Cc2ccc(C(=O)NCCc3ccc(-c4ccc(O)cc4)cc3)c(O)c2C2CC(=O)CC[C@]21O. The van der Waals surface area contributed by atoms with Gasteiger partial charge >= 0.3 is 0 Å². The first kappa shape index (κ1) is 28.4. The van der Waals surface area contributed by atoms with Gasteiger partial charge in [-0.2, -0.15) is 0 Å². The zero-order chi connectivity index (χ0) is 29.4. The van der Waals surface area contributed by atoms with Crippen LogP contribution in [-0.2, 0) is 17.6 Å². The number of nitrogens with one attached hydrogen (secondary N) is 1. The van der Waals surface area contributed by atoms with E-state index in [1.807, 2.05) is 42.5 Å². The Morgan fingerprint density at radius 2 is 1.67 bits per heavy atom. The van der Waals surface area contributed by atoms with Gasteiger partial charge < -0.3 is 20.6 Å². The van der Waals surface area contributed by atoms with E-state index in [2.05, 4.69) is 17.1 Å². The molecule has 0 spiro atoms. The minimum Gasteiger partial charge on any atom is -0.508 e. The Labute approximate surface area is 247 Å². The topological polar surface area (TPSA) is 110 Å². The lowest BCUT2D eigenvalue weighted by Gasteiger charge is -2.52. The summed E-state index contributed by atoms with van der Waals surface area (Å²) in [5, 5.41) is 36.1. The van der Waals surface area contributed by atoms with Crippen molar-refractivity contribution in [2.24, 2.45) is 5.92 Å². The molecule has 0 radical (unpaired) electrons. The van der Waals surface area contributed by atoms with Crippen LogP contribution in [0.15, 0.2) is 60.7 Å². The minimum atomic E-state index is -1.12. The summed E-state index contributed by atoms with van der Waals surface area (Å²) in [6.45, 7) is 4.30. The molecule has 1 unspecified atom stereocenters. The molecule has 3 aromatic carbocycles. The maximum Gasteiger partial charge on any atom is 0.255 e. The standard InChI is InChI=1S/C35H40N2O5/c1-2-37(21-23-3-4-23)31-19-26-11-14-29(33(40)32(26)30-20-28(39)15-17-35(30,31)42)34(41)36-18-16-22-5-7-24(8-6-22)25-9-12-27(38)13-10-25/h5-14,23,30-31,38,40,42H,2-4,15-21H2,1H3,(H,36,41)/t30?,31-,35+/m1/s1. The van der Waals surface area contributed by atoms with Gasteiger partial charge in [0.05, 0.1) is 11.2 Å². The Morgan fingerprint density at radius 3 is 2.33 bits per heavy atom. The van der Waals surface area contributed by atoms with Gasteiger partial charge in [0, 0.05) is 43.5 Å². The zero-order valence-electron chi connectivity index (χ0n) is 24.2. The van der Waals surface area contributed by atoms with Gasteiger partial charge in [-0.3, -0.25) is 14.5 Å². The van der Waals surface area contributed by atoms with Gasteiger partial charge in [-0.15, -0.1) is 0 Å². The lowest BCUT2D eigenvalue weighted by molar-refractivity contribution is -0.135. The van der Waals surface area contributed by atoms with Crippen LogP contribution in [0, 0.1) is 5.92 Å². The Balaban J connectivity index is 1.17. The molecular formula is C35H40N2O5. The molecule has 3 atom stereocenters. The van der Waals surface area contributed by atoms with Crippen molar-refractivity contribution in [3.63, 3.8) is 0 Å². The molecule has 0 bridgehead atoms. The molecule has 4 N–H and O–H groups in total. The molecule has 7 nitrogen and oxygen atoms in total. The van der Waals surface area contributed by atoms with E-state index in [1.54, 1.807) is 18.2 Å². The Hall–Kier alpha value is -3.68. The van der Waals surface area contributed by atoms with Gasteiger partial charge in [-0.1, -0.05) is 49.4 Å². The summed E-state index contributed by atoms with van der Waals surface area (Å²) in [5.41, 5.74) is 3.67. The van der Waals surface area contributed by atoms with Gasteiger partial charge in [0.2, 0.25) is 0 Å². The Kier molecular flexibility index (Phi) is 7.81. The van der Waals surface area contributed by atoms with E-state index < -0.39 is 11.5 Å². The van der Waals surface area contributed by atoms with E-state index in [0.717, 1.165) is 35.3 Å². The van der Waals surface area contributed by atoms with Crippen LogP contribution in [0.5, 0.6) is 11.5 Å². The number of Topliss-reactive ketones (excluding diaryl/α,β-unsaturated/α-hetero) is 1. The first-order valence-corrected chi connectivity index (χ1v) is 15.3. The van der Waals surface area contributed by atoms with Crippen LogP contribution in [0.25, 0.3) is 11.1 Å². The summed E-state index contributed by atoms with van der Waals surface area (Å²) in [4.78, 5) is 28.2. The third kappa shape index (κ3) is 5.55. The molecule has 42 heavy (non-hydrogen) atoms. The highest BCUT2D eigenvalue weighted by atomic mass is 16.3. The van der Waals surface area contributed by atoms with Crippen molar-refractivity contribution in [1.82, 2.24) is 10.2 Å². The number of hydrogen-bond acceptors (Lipinski definition) is 6. The van der Waals surface area contributed by atoms with Gasteiger partial charge in [-0.25, -0.2) is 0 Å². The zero-order valence-corrected chi connectivity index (χ0v) is 24.2. The molecule has 2 saturated carbocycles. The third-order valence-electron chi connectivity index (χ3n) is 9.62. The highest BCUT2D eigenvalue weighted by molar-refractivity contribution is 5.97. The fraction of sp³-hybridized carbons (Fsp3) is 0.429. The summed E-state index contributed by atoms with van der Waals surface area (Å²) in [5.74, 6) is -0.00362. The van der Waals surface area contributed by atoms with Crippen LogP contribution in [0.3, 0.4) is 0 Å². The van der Waals surface area contributed by atoms with E-state index in [9.17, 15) is 24.9 Å². The van der Waals surface area contributed by atoms with Crippen molar-refractivity contribution in [3.8, 4) is 22.6 Å². The van der Waals surface area contributed by atoms with E-state index in [1.165, 1.54) is 12.8 Å². The van der Waals surface area contributed by atoms with Crippen molar-refractivity contribution in [1.29, 1.82) is 0 Å². The van der Waals surface area contributed by atoms with Crippen molar-refractivity contribution >= 4 is 11.7 Å². The number of nitrogens with zero attached hydrogens (tertiary/aromatic N) is 1. The molecule has 2 fully saturated rings. The van der Waals surface area contributed by atoms with Crippen LogP contribution in [0.4, 0.5) is 0 Å². The number of amides is 1. The molecule has 3 aliphatic rings. The molecule has 220 valence electrons. The number of aliphatic hydroxyl groups is 1. The highest BCUT2D eigenvalue weighted by Crippen LogP contribution is 2.52. The van der Waals surface area contributed by atoms with Crippen molar-refractivity contribution < 1.29 is 24.9 Å². The first-order chi connectivity index (χ1) is 20.3. The van der Waals surface area contributed by atoms with E-state index >= 15 is 0 Å². The molecule has 0 aromatic heterocycles. The molecule has 6 rings (SSSR count). The fourth-order valence-electron chi connectivity index (χ4n) is 7.04. The average molecular weight is 569 g/mol. The van der Waals surface area contributed by atoms with Crippen LogP contribution >= 0.6 is 0 Å². The van der Waals surface area contributed by atoms with Gasteiger partial charge in [0.15, 0.2) is 0 Å². The first-order valence-electron chi connectivity index (χ1n) is 15.3. The predicted molar refractivity (Wildman–Crippen MR) is 162 cm³/mol. The molecule has 0 heterocycles. The van der Waals surface area contributed by atoms with Gasteiger partial charge in [-0.05, 0) is 85.0 Å². The second-order valence-corrected chi connectivity index (χ2v) is 12.3. The predicted octanol–water partition coefficient (Wildman–Crippen LogP) is 4.96. The molecular weight excluding hydrogens is 528 g/mol. The number of carbonyl (C=O) groups is 2. The van der Waals surface area contributed by atoms with E-state index in [-0.39, 0.29) is 41.2 Å². The largest absolute Gasteiger partial charge is 0.508 e. The molecule has 3 aromatic rings. The maximum atomic E-state index is 13.2. The van der Waals surface area contributed by atoms with Crippen molar-refractivity contribution in [2.45, 2.75) is 69.4 Å². The van der Waals surface area contributed by atoms with Crippen LogP contribution < -0.4 is 5.32 Å². The summed E-state index contributed by atoms with van der Waals surface area (Å²) in [6.07, 6.45) is 4.57. The van der Waals surface area contributed by atoms with Crippen LogP contribution in [0.1, 0.15) is 72.0 Å². The van der Waals surface area contributed by atoms with Gasteiger partial charge in [0.1, 0.15) is 17.3 Å². The minimum absolute atomic E-state index is 0.0900. The number of carbonyl (C=O) groups excluding carboxylic acids is 2. The monoisotopic (exact) mass is 568 g/mol. The number of rotatable bonds is 9. The average Bonchev–Trinajstić information content (AvgIpc) is 3.81. The lowest BCUT2D eigenvalue weighted by Crippen LogP contribution is -2.61. The van der Waals surface area contributed by atoms with Gasteiger partial charge in [0.25, 0.3) is 5.91 Å². The number of likely N-dealkylation sites (N-methyl/N-ethyl adjacent to an activating group) is 1. The maximum absolute atomic E-state index is 13.2. The second-order valence-electron chi connectivity index (χ2n) is 12.3. The molecule has 1 amide bonds. The Bertz CT molecular complexity index is 1460. The van der Waals surface area contributed by atoms with Crippen molar-refractivity contribution in [3.05, 3.63) is 82.9 Å². The van der Waals surface area contributed by atoms with Crippen molar-refractivity contribution in [2.75, 3.05) is 19.6 Å². The summed E-state index contributed by atoms with van der Waals surface area (Å²) < 4.78 is 0. The summed E-state index contributed by atoms with van der Waals surface area (Å²) in [7, 11) is 0. The van der Waals surface area contributed by atoms with E-state index in [4.69, 9.17) is 0 Å². The molecule has 3 aliphatic carbocycles. The number of fused-ring (bicyclic) bond motifs is 3. The van der Waals surface area contributed by atoms with Crippen LogP contribution in [0.2, 0.25) is 0 Å². The number of benzene rings is 3. The number of hydrogen-bond donors (Lipinski definition) is 4. The smallest absolute Gasteiger partial charge is 0.255 e. The normalized spacial score (nSPS) is 23.4. The summed E-state index contributed by atoms with van der Waals surface area (Å²) in [6, 6.07) is 18.6. The second kappa shape index (κ2) is 11.5. The molecule has 0 aliphatic heterocycles. The summed E-state index contributed by atoms with van der Waals surface area (Å²) >= 11 is 0. The quantitative estimate of drug-likeness (QED) is 0.291.